The number of carbonyl (C=O) groups is 1. The number of carbonyl (C=O) groups excluding carboxylic acids is 1. The zero-order chi connectivity index (χ0) is 8.69. The van der Waals surface area contributed by atoms with E-state index < -0.39 is 0 Å². The molecule has 0 N–H and O–H groups in total. The van der Waals surface area contributed by atoms with Crippen LogP contribution in [0.25, 0.3) is 0 Å². The molecule has 0 aromatic rings. The van der Waals surface area contributed by atoms with Gasteiger partial charge in [0.25, 0.3) is 0 Å². The molecule has 0 aliphatic carbocycles. The molecule has 0 aliphatic rings. The molecule has 0 saturated carbocycles. The molecular formula is C9H14O2. The maximum Gasteiger partial charge on any atom is 0.338 e. The highest BCUT2D eigenvalue weighted by Gasteiger charge is 1.97. The standard InChI is InChI=1S/C9H14O2/c1-4-5-6-9(10)11-7-8(2)3/h4,6,8H,7H2,1-3H3. The second-order valence-electron chi connectivity index (χ2n) is 2.62. The fourth-order valence-electron chi connectivity index (χ4n) is 0.442. The summed E-state index contributed by atoms with van der Waals surface area (Å²) in [5, 5.41) is 0. The first-order valence-corrected chi connectivity index (χ1v) is 3.70. The van der Waals surface area contributed by atoms with Crippen LogP contribution in [0.4, 0.5) is 0 Å². The van der Waals surface area contributed by atoms with Crippen LogP contribution in [0, 0.1) is 5.92 Å². The van der Waals surface area contributed by atoms with E-state index in [4.69, 9.17) is 4.74 Å². The van der Waals surface area contributed by atoms with Gasteiger partial charge in [0, 0.05) is 0 Å². The fraction of sp³-hybridized carbons (Fsp3) is 0.556. The maximum absolute atomic E-state index is 10.7. The van der Waals surface area contributed by atoms with Crippen LogP contribution >= 0.6 is 0 Å². The Kier molecular flexibility index (Phi) is 5.22. The van der Waals surface area contributed by atoms with Crippen LogP contribution < -0.4 is 0 Å². The normalized spacial score (nSPS) is 8.73. The van der Waals surface area contributed by atoms with Crippen LogP contribution in [0.5, 0.6) is 0 Å². The monoisotopic (exact) mass is 154 g/mol. The molecule has 0 atom stereocenters. The van der Waals surface area contributed by atoms with Crippen LogP contribution in [-0.4, -0.2) is 12.6 Å². The highest BCUT2D eigenvalue weighted by Crippen LogP contribution is 1.92. The minimum atomic E-state index is -0.322. The Morgan fingerprint density at radius 2 is 2.27 bits per heavy atom. The summed E-state index contributed by atoms with van der Waals surface area (Å²) < 4.78 is 4.83. The van der Waals surface area contributed by atoms with Gasteiger partial charge < -0.3 is 4.74 Å². The summed E-state index contributed by atoms with van der Waals surface area (Å²) in [4.78, 5) is 10.7. The molecule has 0 saturated heterocycles. The molecule has 0 radical (unpaired) electrons. The quantitative estimate of drug-likeness (QED) is 0.352. The molecule has 0 aromatic heterocycles. The van der Waals surface area contributed by atoms with Crippen LogP contribution in [0.1, 0.15) is 20.8 Å². The first-order valence-electron chi connectivity index (χ1n) is 3.70. The lowest BCUT2D eigenvalue weighted by Crippen LogP contribution is -2.06. The highest BCUT2D eigenvalue weighted by atomic mass is 16.5. The largest absolute Gasteiger partial charge is 0.462 e. The summed E-state index contributed by atoms with van der Waals surface area (Å²) in [6, 6.07) is 0. The number of ether oxygens (including phenoxy) is 1. The third kappa shape index (κ3) is 6.88. The molecule has 62 valence electrons. The van der Waals surface area contributed by atoms with E-state index in [9.17, 15) is 4.79 Å². The van der Waals surface area contributed by atoms with Gasteiger partial charge in [0.1, 0.15) is 0 Å². The summed E-state index contributed by atoms with van der Waals surface area (Å²) in [5.74, 6) is 0.0646. The van der Waals surface area contributed by atoms with E-state index in [1.165, 1.54) is 6.08 Å². The summed E-state index contributed by atoms with van der Waals surface area (Å²) in [6.07, 6.45) is 2.96. The van der Waals surface area contributed by atoms with Crippen molar-refractivity contribution in [2.75, 3.05) is 6.61 Å². The lowest BCUT2D eigenvalue weighted by Gasteiger charge is -2.02. The van der Waals surface area contributed by atoms with Gasteiger partial charge in [0.15, 0.2) is 0 Å². The minimum Gasteiger partial charge on any atom is -0.462 e. The molecule has 0 aliphatic heterocycles. The van der Waals surface area contributed by atoms with E-state index in [1.54, 1.807) is 13.0 Å². The van der Waals surface area contributed by atoms with Crippen LogP contribution in [-0.2, 0) is 9.53 Å². The van der Waals surface area contributed by atoms with Crippen LogP contribution in [0.3, 0.4) is 0 Å². The average molecular weight is 154 g/mol. The summed E-state index contributed by atoms with van der Waals surface area (Å²) >= 11 is 0. The lowest BCUT2D eigenvalue weighted by atomic mass is 10.2. The SMILES string of the molecule is CC=C=CC(=O)OCC(C)C. The Bertz CT molecular complexity index is 174. The molecule has 2 nitrogen and oxygen atoms in total. The Balaban J connectivity index is 3.62. The van der Waals surface area contributed by atoms with Gasteiger partial charge in [-0.2, -0.15) is 0 Å². The van der Waals surface area contributed by atoms with Crippen LogP contribution in [0.2, 0.25) is 0 Å². The van der Waals surface area contributed by atoms with Crippen molar-refractivity contribution in [1.82, 2.24) is 0 Å². The number of hydrogen-bond acceptors (Lipinski definition) is 2. The molecule has 0 bridgehead atoms. The van der Waals surface area contributed by atoms with Gasteiger partial charge >= 0.3 is 5.97 Å². The smallest absolute Gasteiger partial charge is 0.338 e. The number of hydrogen-bond donors (Lipinski definition) is 0. The van der Waals surface area contributed by atoms with Crippen molar-refractivity contribution in [3.63, 3.8) is 0 Å². The molecule has 2 heteroatoms. The topological polar surface area (TPSA) is 26.3 Å². The fourth-order valence-corrected chi connectivity index (χ4v) is 0.442. The minimum absolute atomic E-state index is 0.322. The Hall–Kier alpha value is -1.01. The van der Waals surface area contributed by atoms with Crippen molar-refractivity contribution in [2.24, 2.45) is 5.92 Å². The number of rotatable bonds is 3. The molecule has 0 heterocycles. The van der Waals surface area contributed by atoms with Gasteiger partial charge in [-0.3, -0.25) is 0 Å². The zero-order valence-electron chi connectivity index (χ0n) is 7.26. The van der Waals surface area contributed by atoms with E-state index in [2.05, 4.69) is 5.73 Å². The summed E-state index contributed by atoms with van der Waals surface area (Å²) in [6.45, 7) is 6.26. The van der Waals surface area contributed by atoms with Gasteiger partial charge in [0.05, 0.1) is 12.7 Å². The lowest BCUT2D eigenvalue weighted by molar-refractivity contribution is -0.138. The molecule has 0 aromatic carbocycles. The summed E-state index contributed by atoms with van der Waals surface area (Å²) in [7, 11) is 0. The molecule has 0 rings (SSSR count). The molecule has 0 amide bonds. The van der Waals surface area contributed by atoms with E-state index in [0.717, 1.165) is 0 Å². The van der Waals surface area contributed by atoms with E-state index >= 15 is 0 Å². The second-order valence-corrected chi connectivity index (χ2v) is 2.62. The molecule has 0 unspecified atom stereocenters. The van der Waals surface area contributed by atoms with E-state index in [1.807, 2.05) is 13.8 Å². The van der Waals surface area contributed by atoms with Gasteiger partial charge in [0.2, 0.25) is 0 Å². The Morgan fingerprint density at radius 1 is 1.64 bits per heavy atom. The van der Waals surface area contributed by atoms with E-state index in [-0.39, 0.29) is 5.97 Å². The van der Waals surface area contributed by atoms with Crippen molar-refractivity contribution in [1.29, 1.82) is 0 Å². The van der Waals surface area contributed by atoms with Crippen molar-refractivity contribution < 1.29 is 9.53 Å². The van der Waals surface area contributed by atoms with Crippen molar-refractivity contribution in [2.45, 2.75) is 20.8 Å². The predicted molar refractivity (Wildman–Crippen MR) is 44.1 cm³/mol. The maximum atomic E-state index is 10.7. The van der Waals surface area contributed by atoms with Crippen molar-refractivity contribution in [3.8, 4) is 0 Å². The van der Waals surface area contributed by atoms with Gasteiger partial charge in [-0.25, -0.2) is 4.79 Å². The molecule has 11 heavy (non-hydrogen) atoms. The Labute approximate surface area is 67.6 Å². The third-order valence-electron chi connectivity index (χ3n) is 0.927. The second kappa shape index (κ2) is 5.75. The highest BCUT2D eigenvalue weighted by molar-refractivity contribution is 5.81. The number of esters is 1. The van der Waals surface area contributed by atoms with Gasteiger partial charge in [-0.1, -0.05) is 13.8 Å². The Morgan fingerprint density at radius 3 is 2.73 bits per heavy atom. The van der Waals surface area contributed by atoms with Crippen molar-refractivity contribution in [3.05, 3.63) is 17.9 Å². The average Bonchev–Trinajstić information content (AvgIpc) is 1.97. The molecule has 0 spiro atoms. The van der Waals surface area contributed by atoms with Crippen LogP contribution in [0.15, 0.2) is 17.9 Å². The van der Waals surface area contributed by atoms with Gasteiger partial charge in [-0.15, -0.1) is 5.73 Å². The summed E-state index contributed by atoms with van der Waals surface area (Å²) in [5.41, 5.74) is 2.65. The zero-order valence-corrected chi connectivity index (χ0v) is 7.26. The first-order chi connectivity index (χ1) is 5.16. The molecule has 0 fully saturated rings. The molecular weight excluding hydrogens is 140 g/mol. The van der Waals surface area contributed by atoms with Crippen molar-refractivity contribution >= 4 is 5.97 Å². The first kappa shape index (κ1) is 9.99. The van der Waals surface area contributed by atoms with Gasteiger partial charge in [-0.05, 0) is 18.9 Å². The predicted octanol–water partition coefficient (Wildman–Crippen LogP) is 1.92. The van der Waals surface area contributed by atoms with E-state index in [0.29, 0.717) is 12.5 Å². The third-order valence-corrected chi connectivity index (χ3v) is 0.927.